The predicted octanol–water partition coefficient (Wildman–Crippen LogP) is 4.52. The fourth-order valence-electron chi connectivity index (χ4n) is 3.86. The number of benzene rings is 1. The zero-order valence-corrected chi connectivity index (χ0v) is 17.4. The number of halogens is 1. The number of nitrogens with one attached hydrogen (secondary N) is 1. The lowest BCUT2D eigenvalue weighted by atomic mass is 10.2. The van der Waals surface area contributed by atoms with Crippen LogP contribution < -0.4 is 5.32 Å². The van der Waals surface area contributed by atoms with Crippen LogP contribution in [0.15, 0.2) is 28.7 Å². The third kappa shape index (κ3) is 3.61. The number of anilines is 2. The van der Waals surface area contributed by atoms with Crippen molar-refractivity contribution >= 4 is 49.0 Å². The smallest absolute Gasteiger partial charge is 0.146 e. The molecule has 1 aliphatic carbocycles. The third-order valence-corrected chi connectivity index (χ3v) is 6.85. The molecular weight excluding hydrogens is 424 g/mol. The van der Waals surface area contributed by atoms with Crippen molar-refractivity contribution in [2.75, 3.05) is 31.6 Å². The summed E-state index contributed by atoms with van der Waals surface area (Å²) in [5.41, 5.74) is 2.49. The first-order chi connectivity index (χ1) is 13.3. The molecule has 5 nitrogen and oxygen atoms in total. The Bertz CT molecular complexity index is 984. The van der Waals surface area contributed by atoms with Gasteiger partial charge in [0.1, 0.15) is 16.5 Å². The van der Waals surface area contributed by atoms with Crippen LogP contribution in [0.5, 0.6) is 0 Å². The Kier molecular flexibility index (Phi) is 4.85. The van der Waals surface area contributed by atoms with E-state index in [9.17, 15) is 0 Å². The highest BCUT2D eigenvalue weighted by molar-refractivity contribution is 9.10. The fourth-order valence-corrected chi connectivity index (χ4v) is 5.54. The molecule has 140 valence electrons. The van der Waals surface area contributed by atoms with E-state index in [1.807, 2.05) is 23.5 Å². The van der Waals surface area contributed by atoms with Crippen molar-refractivity contribution in [1.29, 1.82) is 0 Å². The minimum atomic E-state index is 0.773. The third-order valence-electron chi connectivity index (χ3n) is 5.17. The Morgan fingerprint density at radius 1 is 1.19 bits per heavy atom. The van der Waals surface area contributed by atoms with E-state index in [0.717, 1.165) is 65.9 Å². The molecule has 7 heteroatoms. The van der Waals surface area contributed by atoms with Gasteiger partial charge in [-0.1, -0.05) is 22.0 Å². The highest BCUT2D eigenvalue weighted by Crippen LogP contribution is 2.40. The molecule has 0 amide bonds. The molecular formula is C20H21BrN4OS. The Morgan fingerprint density at radius 2 is 2.07 bits per heavy atom. The number of fused-ring (bicyclic) bond motifs is 3. The van der Waals surface area contributed by atoms with E-state index in [0.29, 0.717) is 0 Å². The van der Waals surface area contributed by atoms with Crippen LogP contribution in [-0.2, 0) is 24.1 Å². The van der Waals surface area contributed by atoms with E-state index in [1.165, 1.54) is 28.7 Å². The molecule has 1 saturated heterocycles. The van der Waals surface area contributed by atoms with E-state index in [4.69, 9.17) is 14.7 Å². The highest BCUT2D eigenvalue weighted by atomic mass is 79.9. The quantitative estimate of drug-likeness (QED) is 0.640. The van der Waals surface area contributed by atoms with E-state index in [2.05, 4.69) is 38.3 Å². The minimum Gasteiger partial charge on any atom is -0.379 e. The SMILES string of the molecule is Brc1cccc(Nc2nc(CN3CCOCC3)nc3sc4c(c23)CCC4)c1. The van der Waals surface area contributed by atoms with Crippen LogP contribution in [0.25, 0.3) is 10.2 Å². The average molecular weight is 445 g/mol. The number of aromatic nitrogens is 2. The van der Waals surface area contributed by atoms with Gasteiger partial charge in [-0.2, -0.15) is 0 Å². The predicted molar refractivity (Wildman–Crippen MR) is 113 cm³/mol. The van der Waals surface area contributed by atoms with E-state index in [-0.39, 0.29) is 0 Å². The number of hydrogen-bond donors (Lipinski definition) is 1. The van der Waals surface area contributed by atoms with Crippen LogP contribution in [-0.4, -0.2) is 41.2 Å². The number of morpholine rings is 1. The molecule has 1 aromatic carbocycles. The molecule has 0 atom stereocenters. The van der Waals surface area contributed by atoms with Gasteiger partial charge in [0.2, 0.25) is 0 Å². The second kappa shape index (κ2) is 7.47. The Hall–Kier alpha value is -1.54. The molecule has 0 radical (unpaired) electrons. The van der Waals surface area contributed by atoms with Gasteiger partial charge in [0, 0.05) is 28.1 Å². The maximum atomic E-state index is 5.47. The molecule has 1 N–H and O–H groups in total. The van der Waals surface area contributed by atoms with E-state index < -0.39 is 0 Å². The van der Waals surface area contributed by atoms with E-state index in [1.54, 1.807) is 0 Å². The molecule has 1 fully saturated rings. The monoisotopic (exact) mass is 444 g/mol. The fraction of sp³-hybridized carbons (Fsp3) is 0.400. The van der Waals surface area contributed by atoms with Gasteiger partial charge in [-0.05, 0) is 43.0 Å². The molecule has 0 spiro atoms. The average Bonchev–Trinajstić information content (AvgIpc) is 3.23. The Morgan fingerprint density at radius 3 is 2.93 bits per heavy atom. The zero-order chi connectivity index (χ0) is 18.2. The molecule has 3 heterocycles. The summed E-state index contributed by atoms with van der Waals surface area (Å²) >= 11 is 5.41. The number of ether oxygens (including phenoxy) is 1. The molecule has 0 saturated carbocycles. The molecule has 2 aliphatic rings. The summed E-state index contributed by atoms with van der Waals surface area (Å²) < 4.78 is 6.52. The van der Waals surface area contributed by atoms with Gasteiger partial charge in [0.25, 0.3) is 0 Å². The maximum Gasteiger partial charge on any atom is 0.146 e. The lowest BCUT2D eigenvalue weighted by Gasteiger charge is -2.25. The number of thiophene rings is 1. The van der Waals surface area contributed by atoms with Gasteiger partial charge in [-0.3, -0.25) is 4.90 Å². The molecule has 3 aromatic rings. The summed E-state index contributed by atoms with van der Waals surface area (Å²) in [6.45, 7) is 4.24. The summed E-state index contributed by atoms with van der Waals surface area (Å²) in [7, 11) is 0. The summed E-state index contributed by atoms with van der Waals surface area (Å²) in [5.74, 6) is 1.84. The van der Waals surface area contributed by atoms with Crippen molar-refractivity contribution < 1.29 is 4.74 Å². The van der Waals surface area contributed by atoms with Crippen LogP contribution in [0.3, 0.4) is 0 Å². The standard InChI is InChI=1S/C20H21BrN4OS/c21-13-3-1-4-14(11-13)22-19-18-15-5-2-6-16(15)27-20(18)24-17(23-19)12-25-7-9-26-10-8-25/h1,3-4,11H,2,5-10,12H2,(H,22,23,24). The molecule has 27 heavy (non-hydrogen) atoms. The van der Waals surface area contributed by atoms with Crippen molar-refractivity contribution in [3.05, 3.63) is 45.0 Å². The van der Waals surface area contributed by atoms with Crippen molar-refractivity contribution in [3.63, 3.8) is 0 Å². The van der Waals surface area contributed by atoms with Gasteiger partial charge >= 0.3 is 0 Å². The van der Waals surface area contributed by atoms with Gasteiger partial charge in [0.15, 0.2) is 0 Å². The van der Waals surface area contributed by atoms with Crippen LogP contribution in [0, 0.1) is 0 Å². The van der Waals surface area contributed by atoms with Crippen LogP contribution in [0.4, 0.5) is 11.5 Å². The lowest BCUT2D eigenvalue weighted by molar-refractivity contribution is 0.0331. The number of nitrogens with zero attached hydrogens (tertiary/aromatic N) is 3. The molecule has 5 rings (SSSR count). The van der Waals surface area contributed by atoms with Crippen LogP contribution in [0.1, 0.15) is 22.7 Å². The van der Waals surface area contributed by atoms with Gasteiger partial charge in [-0.15, -0.1) is 11.3 Å². The normalized spacial score (nSPS) is 17.4. The highest BCUT2D eigenvalue weighted by Gasteiger charge is 2.23. The molecule has 0 bridgehead atoms. The number of aryl methyl sites for hydroxylation is 2. The minimum absolute atomic E-state index is 0.773. The first kappa shape index (κ1) is 17.6. The van der Waals surface area contributed by atoms with Gasteiger partial charge in [0.05, 0.1) is 25.1 Å². The Balaban J connectivity index is 1.55. The van der Waals surface area contributed by atoms with Crippen molar-refractivity contribution in [1.82, 2.24) is 14.9 Å². The van der Waals surface area contributed by atoms with Crippen molar-refractivity contribution in [2.24, 2.45) is 0 Å². The number of hydrogen-bond acceptors (Lipinski definition) is 6. The first-order valence-electron chi connectivity index (χ1n) is 9.40. The second-order valence-corrected chi connectivity index (χ2v) is 9.05. The lowest BCUT2D eigenvalue weighted by Crippen LogP contribution is -2.36. The van der Waals surface area contributed by atoms with Crippen molar-refractivity contribution in [2.45, 2.75) is 25.8 Å². The summed E-state index contributed by atoms with van der Waals surface area (Å²) in [4.78, 5) is 14.9. The van der Waals surface area contributed by atoms with E-state index >= 15 is 0 Å². The maximum absolute atomic E-state index is 5.47. The first-order valence-corrected chi connectivity index (χ1v) is 11.0. The number of rotatable bonds is 4. The summed E-state index contributed by atoms with van der Waals surface area (Å²) in [6, 6.07) is 8.24. The summed E-state index contributed by atoms with van der Waals surface area (Å²) in [6.07, 6.45) is 3.54. The summed E-state index contributed by atoms with van der Waals surface area (Å²) in [5, 5.41) is 4.78. The molecule has 2 aromatic heterocycles. The Labute approximate surface area is 170 Å². The van der Waals surface area contributed by atoms with Crippen LogP contribution in [0.2, 0.25) is 0 Å². The topological polar surface area (TPSA) is 50.3 Å². The molecule has 0 unspecified atom stereocenters. The zero-order valence-electron chi connectivity index (χ0n) is 15.0. The largest absolute Gasteiger partial charge is 0.379 e. The van der Waals surface area contributed by atoms with Gasteiger partial charge in [-0.25, -0.2) is 9.97 Å². The molecule has 1 aliphatic heterocycles. The van der Waals surface area contributed by atoms with Gasteiger partial charge < -0.3 is 10.1 Å². The second-order valence-electron chi connectivity index (χ2n) is 7.05. The van der Waals surface area contributed by atoms with Crippen LogP contribution >= 0.6 is 27.3 Å². The van der Waals surface area contributed by atoms with Crippen molar-refractivity contribution in [3.8, 4) is 0 Å².